The number of ether oxygens (including phenoxy) is 1. The van der Waals surface area contributed by atoms with Gasteiger partial charge in [-0.1, -0.05) is 19.1 Å². The van der Waals surface area contributed by atoms with Gasteiger partial charge in [-0.25, -0.2) is 0 Å². The van der Waals surface area contributed by atoms with Crippen LogP contribution in [-0.4, -0.2) is 7.11 Å². The zero-order chi connectivity index (χ0) is 13.0. The van der Waals surface area contributed by atoms with Crippen LogP contribution in [0.1, 0.15) is 29.8 Å². The van der Waals surface area contributed by atoms with Crippen molar-refractivity contribution in [2.24, 2.45) is 0 Å². The van der Waals surface area contributed by atoms with Gasteiger partial charge in [0.05, 0.1) is 18.8 Å². The highest BCUT2D eigenvalue weighted by molar-refractivity contribution is 7.10. The highest BCUT2D eigenvalue weighted by Crippen LogP contribution is 2.31. The number of rotatable bonds is 5. The Bertz CT molecular complexity index is 493. The fourth-order valence-electron chi connectivity index (χ4n) is 1.99. The largest absolute Gasteiger partial charge is 0.495 e. The van der Waals surface area contributed by atoms with Crippen LogP contribution in [0.2, 0.25) is 0 Å². The number of aryl methyl sites for hydroxylation is 1. The van der Waals surface area contributed by atoms with Gasteiger partial charge in [-0.2, -0.15) is 0 Å². The molecule has 0 saturated carbocycles. The summed E-state index contributed by atoms with van der Waals surface area (Å²) in [5.74, 6) is 0.899. The molecule has 0 bridgehead atoms. The Kier molecular flexibility index (Phi) is 4.26. The third kappa shape index (κ3) is 2.85. The molecule has 1 N–H and O–H groups in total. The second kappa shape index (κ2) is 5.91. The number of thiophene rings is 1. The van der Waals surface area contributed by atoms with Crippen LogP contribution in [0.4, 0.5) is 5.69 Å². The third-order valence-corrected chi connectivity index (χ3v) is 3.97. The van der Waals surface area contributed by atoms with Gasteiger partial charge in [0.2, 0.25) is 0 Å². The number of nitrogens with one attached hydrogen (secondary N) is 1. The lowest BCUT2D eigenvalue weighted by Crippen LogP contribution is -2.09. The standard InChI is InChI=1S/C15H19NOS/c1-4-12(15-6-5-9-18-15)16-13-10-11(2)7-8-14(13)17-3/h5-10,12,16H,4H2,1-3H3. The van der Waals surface area contributed by atoms with Crippen molar-refractivity contribution in [3.8, 4) is 5.75 Å². The molecule has 18 heavy (non-hydrogen) atoms. The normalized spacial score (nSPS) is 12.2. The molecule has 0 radical (unpaired) electrons. The number of hydrogen-bond acceptors (Lipinski definition) is 3. The Labute approximate surface area is 113 Å². The molecule has 0 spiro atoms. The van der Waals surface area contributed by atoms with Crippen molar-refractivity contribution in [2.45, 2.75) is 26.3 Å². The van der Waals surface area contributed by atoms with E-state index >= 15 is 0 Å². The Morgan fingerprint density at radius 3 is 2.78 bits per heavy atom. The van der Waals surface area contributed by atoms with E-state index in [1.807, 2.05) is 6.07 Å². The maximum atomic E-state index is 5.40. The summed E-state index contributed by atoms with van der Waals surface area (Å²) >= 11 is 1.79. The molecule has 1 heterocycles. The van der Waals surface area contributed by atoms with E-state index in [-0.39, 0.29) is 0 Å². The number of anilines is 1. The van der Waals surface area contributed by atoms with Gasteiger partial charge >= 0.3 is 0 Å². The maximum Gasteiger partial charge on any atom is 0.141 e. The summed E-state index contributed by atoms with van der Waals surface area (Å²) < 4.78 is 5.40. The molecule has 96 valence electrons. The molecule has 0 aliphatic rings. The topological polar surface area (TPSA) is 21.3 Å². The monoisotopic (exact) mass is 261 g/mol. The van der Waals surface area contributed by atoms with Gasteiger partial charge in [-0.05, 0) is 42.5 Å². The zero-order valence-corrected chi connectivity index (χ0v) is 11.9. The summed E-state index contributed by atoms with van der Waals surface area (Å²) in [6, 6.07) is 10.8. The van der Waals surface area contributed by atoms with Gasteiger partial charge in [0.15, 0.2) is 0 Å². The Morgan fingerprint density at radius 2 is 2.17 bits per heavy atom. The molecule has 0 saturated heterocycles. The molecule has 0 aliphatic carbocycles. The fourth-order valence-corrected chi connectivity index (χ4v) is 2.85. The summed E-state index contributed by atoms with van der Waals surface area (Å²) in [4.78, 5) is 1.36. The molecule has 0 fully saturated rings. The zero-order valence-electron chi connectivity index (χ0n) is 11.1. The van der Waals surface area contributed by atoms with E-state index in [1.54, 1.807) is 18.4 Å². The average molecular weight is 261 g/mol. The first kappa shape index (κ1) is 13.0. The van der Waals surface area contributed by atoms with E-state index in [2.05, 4.69) is 48.8 Å². The first-order chi connectivity index (χ1) is 8.74. The van der Waals surface area contributed by atoms with Crippen molar-refractivity contribution in [3.63, 3.8) is 0 Å². The smallest absolute Gasteiger partial charge is 0.141 e. The van der Waals surface area contributed by atoms with E-state index in [9.17, 15) is 0 Å². The van der Waals surface area contributed by atoms with Crippen LogP contribution in [0.15, 0.2) is 35.7 Å². The molecule has 0 aliphatic heterocycles. The quantitative estimate of drug-likeness (QED) is 0.847. The Balaban J connectivity index is 2.24. The predicted molar refractivity (Wildman–Crippen MR) is 78.7 cm³/mol. The van der Waals surface area contributed by atoms with Crippen molar-refractivity contribution in [1.82, 2.24) is 0 Å². The molecule has 0 amide bonds. The van der Waals surface area contributed by atoms with E-state index in [1.165, 1.54) is 10.4 Å². The van der Waals surface area contributed by atoms with Crippen LogP contribution in [0, 0.1) is 6.92 Å². The van der Waals surface area contributed by atoms with E-state index < -0.39 is 0 Å². The average Bonchev–Trinajstić information content (AvgIpc) is 2.90. The summed E-state index contributed by atoms with van der Waals surface area (Å²) in [5.41, 5.74) is 2.30. The van der Waals surface area contributed by atoms with Crippen LogP contribution in [0.5, 0.6) is 5.75 Å². The molecule has 1 aromatic heterocycles. The maximum absolute atomic E-state index is 5.40. The van der Waals surface area contributed by atoms with Gasteiger partial charge in [-0.15, -0.1) is 11.3 Å². The van der Waals surface area contributed by atoms with Crippen molar-refractivity contribution < 1.29 is 4.74 Å². The van der Waals surface area contributed by atoms with Gasteiger partial charge in [0.25, 0.3) is 0 Å². The van der Waals surface area contributed by atoms with Crippen molar-refractivity contribution >= 4 is 17.0 Å². The fraction of sp³-hybridized carbons (Fsp3) is 0.333. The second-order valence-corrected chi connectivity index (χ2v) is 5.30. The Morgan fingerprint density at radius 1 is 1.33 bits per heavy atom. The lowest BCUT2D eigenvalue weighted by molar-refractivity contribution is 0.416. The van der Waals surface area contributed by atoms with Crippen LogP contribution < -0.4 is 10.1 Å². The number of hydrogen-bond donors (Lipinski definition) is 1. The minimum Gasteiger partial charge on any atom is -0.495 e. The SMILES string of the molecule is CCC(Nc1cc(C)ccc1OC)c1cccs1. The van der Waals surface area contributed by atoms with Crippen molar-refractivity contribution in [2.75, 3.05) is 12.4 Å². The van der Waals surface area contributed by atoms with E-state index in [4.69, 9.17) is 4.74 Å². The Hall–Kier alpha value is -1.48. The third-order valence-electron chi connectivity index (χ3n) is 2.98. The van der Waals surface area contributed by atoms with Crippen LogP contribution >= 0.6 is 11.3 Å². The molecule has 1 unspecified atom stereocenters. The second-order valence-electron chi connectivity index (χ2n) is 4.32. The highest BCUT2D eigenvalue weighted by Gasteiger charge is 2.12. The van der Waals surface area contributed by atoms with Crippen LogP contribution in [0.3, 0.4) is 0 Å². The lowest BCUT2D eigenvalue weighted by atomic mass is 10.1. The minimum absolute atomic E-state index is 0.348. The first-order valence-electron chi connectivity index (χ1n) is 6.19. The van der Waals surface area contributed by atoms with E-state index in [0.29, 0.717) is 6.04 Å². The molecule has 2 aromatic rings. The van der Waals surface area contributed by atoms with Crippen LogP contribution in [-0.2, 0) is 0 Å². The summed E-state index contributed by atoms with van der Waals surface area (Å²) in [6.45, 7) is 4.29. The number of benzene rings is 1. The molecule has 2 nitrogen and oxygen atoms in total. The summed E-state index contributed by atoms with van der Waals surface area (Å²) in [6.07, 6.45) is 1.05. The molecule has 2 rings (SSSR count). The molecular formula is C15H19NOS. The summed E-state index contributed by atoms with van der Waals surface area (Å²) in [5, 5.41) is 5.70. The van der Waals surface area contributed by atoms with Gasteiger partial charge < -0.3 is 10.1 Å². The summed E-state index contributed by atoms with van der Waals surface area (Å²) in [7, 11) is 1.71. The highest BCUT2D eigenvalue weighted by atomic mass is 32.1. The van der Waals surface area contributed by atoms with Crippen LogP contribution in [0.25, 0.3) is 0 Å². The van der Waals surface area contributed by atoms with Gasteiger partial charge in [0, 0.05) is 4.88 Å². The molecule has 3 heteroatoms. The molecule has 1 aromatic carbocycles. The lowest BCUT2D eigenvalue weighted by Gasteiger charge is -2.19. The first-order valence-corrected chi connectivity index (χ1v) is 7.07. The number of methoxy groups -OCH3 is 1. The van der Waals surface area contributed by atoms with Crippen molar-refractivity contribution in [3.05, 3.63) is 46.2 Å². The predicted octanol–water partition coefficient (Wildman–Crippen LogP) is 4.63. The van der Waals surface area contributed by atoms with Gasteiger partial charge in [-0.3, -0.25) is 0 Å². The van der Waals surface area contributed by atoms with Crippen molar-refractivity contribution in [1.29, 1.82) is 0 Å². The van der Waals surface area contributed by atoms with E-state index in [0.717, 1.165) is 17.9 Å². The minimum atomic E-state index is 0.348. The van der Waals surface area contributed by atoms with Gasteiger partial charge in [0.1, 0.15) is 5.75 Å². The molecular weight excluding hydrogens is 242 g/mol. The molecule has 1 atom stereocenters.